The fourth-order valence-electron chi connectivity index (χ4n) is 13.2. The number of thioether (sulfide) groups is 1. The molecule has 6 fully saturated rings. The number of hydrogen-bond acceptors (Lipinski definition) is 7. The second-order valence-electron chi connectivity index (χ2n) is 18.0. The third-order valence-corrected chi connectivity index (χ3v) is 17.3. The Balaban J connectivity index is 0.894. The van der Waals surface area contributed by atoms with Gasteiger partial charge in [0.15, 0.2) is 11.6 Å². The molecule has 1 heterocycles. The van der Waals surface area contributed by atoms with Gasteiger partial charge in [0.05, 0.1) is 25.2 Å². The number of rotatable bonds is 5. The average molecular weight is 665 g/mol. The van der Waals surface area contributed by atoms with Crippen molar-refractivity contribution in [1.29, 1.82) is 0 Å². The summed E-state index contributed by atoms with van der Waals surface area (Å²) in [5.74, 6) is 3.74. The molecule has 0 amide bonds. The molecule has 0 bridgehead atoms. The van der Waals surface area contributed by atoms with E-state index in [1.165, 1.54) is 11.1 Å². The molecule has 0 aromatic carbocycles. The van der Waals surface area contributed by atoms with Crippen LogP contribution in [0, 0.1) is 51.2 Å². The van der Waals surface area contributed by atoms with Crippen molar-refractivity contribution in [1.82, 2.24) is 0 Å². The zero-order valence-corrected chi connectivity index (χ0v) is 29.9. The largest absolute Gasteiger partial charge is 0.462 e. The lowest BCUT2D eigenvalue weighted by molar-refractivity contribution is -0.199. The summed E-state index contributed by atoms with van der Waals surface area (Å²) in [4.78, 5) is 37.9. The highest BCUT2D eigenvalue weighted by Crippen LogP contribution is 2.67. The van der Waals surface area contributed by atoms with Crippen molar-refractivity contribution >= 4 is 29.3 Å². The van der Waals surface area contributed by atoms with E-state index in [1.807, 2.05) is 23.9 Å². The van der Waals surface area contributed by atoms with E-state index in [2.05, 4.69) is 27.7 Å². The van der Waals surface area contributed by atoms with Crippen LogP contribution in [0.25, 0.3) is 0 Å². The van der Waals surface area contributed by atoms with Gasteiger partial charge in [0, 0.05) is 34.7 Å². The summed E-state index contributed by atoms with van der Waals surface area (Å²) in [5, 5.41) is 11.8. The van der Waals surface area contributed by atoms with Gasteiger partial charge in [-0.3, -0.25) is 14.4 Å². The lowest BCUT2D eigenvalue weighted by Gasteiger charge is -2.58. The zero-order chi connectivity index (χ0) is 32.9. The van der Waals surface area contributed by atoms with Gasteiger partial charge in [-0.1, -0.05) is 38.8 Å². The summed E-state index contributed by atoms with van der Waals surface area (Å²) >= 11 is 1.91. The van der Waals surface area contributed by atoms with Crippen LogP contribution in [-0.4, -0.2) is 58.6 Å². The van der Waals surface area contributed by atoms with E-state index in [-0.39, 0.29) is 51.7 Å². The summed E-state index contributed by atoms with van der Waals surface area (Å²) < 4.78 is 13.1. The highest BCUT2D eigenvalue weighted by Gasteiger charge is 2.63. The molecule has 13 atom stereocenters. The molecule has 258 valence electrons. The van der Waals surface area contributed by atoms with Crippen molar-refractivity contribution in [2.45, 2.75) is 141 Å². The number of allylic oxidation sites excluding steroid dienone is 2. The number of ketones is 2. The quantitative estimate of drug-likeness (QED) is 0.306. The van der Waals surface area contributed by atoms with Crippen LogP contribution in [0.3, 0.4) is 0 Å². The van der Waals surface area contributed by atoms with E-state index in [1.54, 1.807) is 0 Å². The highest BCUT2D eigenvalue weighted by molar-refractivity contribution is 7.99. The van der Waals surface area contributed by atoms with Crippen molar-refractivity contribution in [3.05, 3.63) is 23.3 Å². The number of aliphatic hydroxyl groups excluding tert-OH is 1. The first kappa shape index (κ1) is 32.7. The van der Waals surface area contributed by atoms with E-state index in [0.717, 1.165) is 76.4 Å². The monoisotopic (exact) mass is 664 g/mol. The predicted octanol–water partition coefficient (Wildman–Crippen LogP) is 7.41. The van der Waals surface area contributed by atoms with Gasteiger partial charge in [-0.25, -0.2) is 0 Å². The number of carbonyl (C=O) groups excluding carboxylic acids is 3. The third kappa shape index (κ3) is 4.96. The molecule has 1 N–H and O–H groups in total. The Hall–Kier alpha value is -1.44. The first-order valence-corrected chi connectivity index (χ1v) is 20.0. The normalized spacial score (nSPS) is 50.2. The second-order valence-corrected chi connectivity index (χ2v) is 19.3. The van der Waals surface area contributed by atoms with Crippen LogP contribution in [-0.2, 0) is 23.9 Å². The Kier molecular flexibility index (Phi) is 8.05. The molecule has 0 radical (unpaired) electrons. The molecule has 0 aromatic rings. The van der Waals surface area contributed by atoms with Crippen LogP contribution < -0.4 is 0 Å². The third-order valence-electron chi connectivity index (χ3n) is 15.9. The Morgan fingerprint density at radius 3 is 2.28 bits per heavy atom. The van der Waals surface area contributed by atoms with Gasteiger partial charge in [0.25, 0.3) is 0 Å². The highest BCUT2D eigenvalue weighted by atomic mass is 32.2. The number of aliphatic hydroxyl groups is 1. The molecular formula is C40H56O6S. The first-order chi connectivity index (χ1) is 22.4. The predicted molar refractivity (Wildman–Crippen MR) is 183 cm³/mol. The smallest absolute Gasteiger partial charge is 0.306 e. The first-order valence-electron chi connectivity index (χ1n) is 19.0. The van der Waals surface area contributed by atoms with Crippen LogP contribution in [0.4, 0.5) is 0 Å². The van der Waals surface area contributed by atoms with Crippen LogP contribution in [0.1, 0.15) is 118 Å². The van der Waals surface area contributed by atoms with Crippen LogP contribution in [0.2, 0.25) is 0 Å². The Morgan fingerprint density at radius 1 is 0.851 bits per heavy atom. The molecule has 3 unspecified atom stereocenters. The van der Waals surface area contributed by atoms with Crippen LogP contribution in [0.5, 0.6) is 0 Å². The van der Waals surface area contributed by atoms with Crippen molar-refractivity contribution < 1.29 is 29.0 Å². The average Bonchev–Trinajstić information content (AvgIpc) is 3.50. The van der Waals surface area contributed by atoms with E-state index >= 15 is 0 Å². The number of esters is 1. The van der Waals surface area contributed by atoms with Crippen molar-refractivity contribution in [3.8, 4) is 0 Å². The van der Waals surface area contributed by atoms with Crippen molar-refractivity contribution in [3.63, 3.8) is 0 Å². The Morgan fingerprint density at radius 2 is 1.53 bits per heavy atom. The molecule has 47 heavy (non-hydrogen) atoms. The fraction of sp³-hybridized carbons (Fsp3) is 0.825. The minimum absolute atomic E-state index is 0.0455. The topological polar surface area (TPSA) is 89.9 Å². The zero-order valence-electron chi connectivity index (χ0n) is 29.1. The van der Waals surface area contributed by atoms with Gasteiger partial charge in [-0.2, -0.15) is 11.8 Å². The summed E-state index contributed by atoms with van der Waals surface area (Å²) in [5.41, 5.74) is 2.53. The summed E-state index contributed by atoms with van der Waals surface area (Å²) in [6.45, 7) is 9.97. The van der Waals surface area contributed by atoms with E-state index < -0.39 is 0 Å². The van der Waals surface area contributed by atoms with Crippen molar-refractivity contribution in [2.24, 2.45) is 51.2 Å². The van der Waals surface area contributed by atoms with Crippen molar-refractivity contribution in [2.75, 3.05) is 12.4 Å². The molecule has 8 aliphatic rings. The number of hydrogen-bond donors (Lipinski definition) is 1. The molecule has 7 aliphatic carbocycles. The van der Waals surface area contributed by atoms with Gasteiger partial charge in [-0.15, -0.1) is 0 Å². The molecule has 5 saturated carbocycles. The molecular weight excluding hydrogens is 609 g/mol. The maximum Gasteiger partial charge on any atom is 0.306 e. The molecule has 6 nitrogen and oxygen atoms in total. The SMILES string of the molecule is C[C@]12CO[C@H]3[C@@H](CCC4=CC(=O)CC[C@@]43C)[C@@H]1CC[C@@H]2OC(=O)CCS[C@@H]1C[C@H](O)[C@@]2(C)CCC3C(CCC4=CC(=O)CC[C@@]43C)C12. The Bertz CT molecular complexity index is 1400. The summed E-state index contributed by atoms with van der Waals surface area (Å²) in [6, 6.07) is 0. The van der Waals surface area contributed by atoms with E-state index in [0.29, 0.717) is 66.5 Å². The number of fused-ring (bicyclic) bond motifs is 10. The van der Waals surface area contributed by atoms with Gasteiger partial charge in [0.1, 0.15) is 6.10 Å². The minimum Gasteiger partial charge on any atom is -0.462 e. The van der Waals surface area contributed by atoms with Gasteiger partial charge >= 0.3 is 5.97 Å². The number of carbonyl (C=O) groups is 3. The fourth-order valence-corrected chi connectivity index (χ4v) is 14.8. The lowest BCUT2D eigenvalue weighted by atomic mass is 9.47. The second kappa shape index (κ2) is 11.5. The molecule has 0 aromatic heterocycles. The lowest BCUT2D eigenvalue weighted by Crippen LogP contribution is -2.58. The maximum absolute atomic E-state index is 13.4. The van der Waals surface area contributed by atoms with E-state index in [9.17, 15) is 19.5 Å². The summed E-state index contributed by atoms with van der Waals surface area (Å²) in [6.07, 6.45) is 16.4. The van der Waals surface area contributed by atoms with Gasteiger partial charge in [-0.05, 0) is 123 Å². The summed E-state index contributed by atoms with van der Waals surface area (Å²) in [7, 11) is 0. The minimum atomic E-state index is -0.288. The molecule has 7 heteroatoms. The van der Waals surface area contributed by atoms with Crippen LogP contribution in [0.15, 0.2) is 23.3 Å². The molecule has 8 rings (SSSR count). The Labute approximate surface area is 285 Å². The maximum atomic E-state index is 13.4. The standard InChI is InChI=1S/C40H56O6S/c1-37-15-11-25(41)19-23(37)5-7-27-30(37)13-17-39(3)32(43)21-31(35(27)39)47-18-14-34(44)46-33-10-9-29-28-8-6-24-20-26(42)12-16-38(24,2)36(28)45-22-40(29,33)4/h19-20,27-33,35-36,43H,5-18,21-22H2,1-4H3/t27?,28-,29-,30?,31+,32-,33-,35?,36-,37-,38-,39+,40-/m0/s1. The number of ether oxygens (including phenoxy) is 2. The molecule has 0 spiro atoms. The van der Waals surface area contributed by atoms with E-state index in [4.69, 9.17) is 9.47 Å². The van der Waals surface area contributed by atoms with Gasteiger partial charge < -0.3 is 14.6 Å². The van der Waals surface area contributed by atoms with Gasteiger partial charge in [0.2, 0.25) is 0 Å². The molecule has 1 saturated heterocycles. The molecule has 1 aliphatic heterocycles. The van der Waals surface area contributed by atoms with Crippen LogP contribution >= 0.6 is 11.8 Å².